The zero-order valence-corrected chi connectivity index (χ0v) is 17.6. The second kappa shape index (κ2) is 9.88. The minimum Gasteiger partial charge on any atom is -0.367 e. The van der Waals surface area contributed by atoms with Gasteiger partial charge in [0.15, 0.2) is 5.96 Å². The Morgan fingerprint density at radius 2 is 2.07 bits per heavy atom. The van der Waals surface area contributed by atoms with Crippen molar-refractivity contribution in [3.8, 4) is 0 Å². The van der Waals surface area contributed by atoms with E-state index in [1.807, 2.05) is 16.8 Å². The number of para-hydroxylation sites is 1. The topological polar surface area (TPSA) is 73.6 Å². The van der Waals surface area contributed by atoms with Crippen molar-refractivity contribution in [2.75, 3.05) is 51.2 Å². The van der Waals surface area contributed by atoms with Crippen molar-refractivity contribution in [3.63, 3.8) is 0 Å². The van der Waals surface area contributed by atoms with E-state index in [4.69, 9.17) is 0 Å². The first-order chi connectivity index (χ1) is 14.7. The monoisotopic (exact) mass is 414 g/mol. The molecular formula is C21H31FN8. The number of rotatable bonds is 6. The summed E-state index contributed by atoms with van der Waals surface area (Å²) in [5.41, 5.74) is 0.717. The van der Waals surface area contributed by atoms with Crippen molar-refractivity contribution in [2.45, 2.75) is 31.8 Å². The van der Waals surface area contributed by atoms with Gasteiger partial charge in [-0.3, -0.25) is 9.89 Å². The average molecular weight is 415 g/mol. The molecule has 2 N–H and O–H groups in total. The fourth-order valence-electron chi connectivity index (χ4n) is 4.17. The summed E-state index contributed by atoms with van der Waals surface area (Å²) in [6.45, 7) is 6.37. The van der Waals surface area contributed by atoms with Crippen LogP contribution >= 0.6 is 0 Å². The van der Waals surface area contributed by atoms with Crippen molar-refractivity contribution in [1.82, 2.24) is 30.3 Å². The Balaban J connectivity index is 1.14. The van der Waals surface area contributed by atoms with E-state index in [-0.39, 0.29) is 5.82 Å². The van der Waals surface area contributed by atoms with Crippen molar-refractivity contribution in [3.05, 3.63) is 42.2 Å². The van der Waals surface area contributed by atoms with Crippen molar-refractivity contribution < 1.29 is 4.39 Å². The van der Waals surface area contributed by atoms with Gasteiger partial charge in [0.05, 0.1) is 12.2 Å². The van der Waals surface area contributed by atoms with Crippen LogP contribution in [-0.2, 0) is 13.0 Å². The number of fused-ring (bicyclic) bond motifs is 1. The normalized spacial score (nSPS) is 20.1. The Bertz CT molecular complexity index is 843. The number of benzene rings is 1. The van der Waals surface area contributed by atoms with Gasteiger partial charge in [-0.05, 0) is 31.5 Å². The predicted octanol–water partition coefficient (Wildman–Crippen LogP) is 1.11. The first kappa shape index (κ1) is 20.6. The third-order valence-electron chi connectivity index (χ3n) is 5.88. The van der Waals surface area contributed by atoms with E-state index in [0.29, 0.717) is 6.04 Å². The van der Waals surface area contributed by atoms with Crippen LogP contribution in [0.4, 0.5) is 10.1 Å². The Hall–Kier alpha value is -2.68. The van der Waals surface area contributed by atoms with Gasteiger partial charge >= 0.3 is 0 Å². The van der Waals surface area contributed by atoms with Crippen molar-refractivity contribution in [2.24, 2.45) is 4.99 Å². The highest BCUT2D eigenvalue weighted by Gasteiger charge is 2.21. The standard InChI is InChI=1S/C21H31FN8/c1-23-21(27-17-7-8-20-25-16-26-30(20)15-17)24-9-4-10-28-11-13-29(14-12-28)19-6-3-2-5-18(19)22/h2-3,5-6,16-17H,4,7-15H2,1H3,(H2,23,24,27). The van der Waals surface area contributed by atoms with Gasteiger partial charge in [0.1, 0.15) is 18.0 Å². The molecule has 4 rings (SSSR count). The van der Waals surface area contributed by atoms with Crippen LogP contribution in [0.5, 0.6) is 0 Å². The van der Waals surface area contributed by atoms with E-state index in [1.54, 1.807) is 19.4 Å². The molecule has 0 radical (unpaired) electrons. The molecule has 3 heterocycles. The first-order valence-corrected chi connectivity index (χ1v) is 10.8. The summed E-state index contributed by atoms with van der Waals surface area (Å²) in [6.07, 6.45) is 4.64. The number of hydrogen-bond donors (Lipinski definition) is 2. The zero-order chi connectivity index (χ0) is 20.8. The number of guanidine groups is 1. The lowest BCUT2D eigenvalue weighted by Gasteiger charge is -2.36. The number of nitrogens with zero attached hydrogens (tertiary/aromatic N) is 6. The lowest BCUT2D eigenvalue weighted by Crippen LogP contribution is -2.48. The number of hydrogen-bond acceptors (Lipinski definition) is 5. The van der Waals surface area contributed by atoms with Crippen LogP contribution in [0.3, 0.4) is 0 Å². The van der Waals surface area contributed by atoms with Gasteiger partial charge < -0.3 is 15.5 Å². The number of piperazine rings is 1. The third kappa shape index (κ3) is 5.08. The minimum atomic E-state index is -0.132. The fourth-order valence-corrected chi connectivity index (χ4v) is 4.17. The summed E-state index contributed by atoms with van der Waals surface area (Å²) < 4.78 is 15.9. The molecule has 1 atom stereocenters. The van der Waals surface area contributed by atoms with Gasteiger partial charge in [-0.1, -0.05) is 12.1 Å². The lowest BCUT2D eigenvalue weighted by molar-refractivity contribution is 0.254. The second-order valence-electron chi connectivity index (χ2n) is 7.87. The molecule has 0 saturated carbocycles. The largest absolute Gasteiger partial charge is 0.367 e. The molecule has 0 amide bonds. The summed E-state index contributed by atoms with van der Waals surface area (Å²) in [4.78, 5) is 13.2. The number of aromatic nitrogens is 3. The molecule has 9 heteroatoms. The molecule has 1 aromatic heterocycles. The molecule has 2 aromatic rings. The van der Waals surface area contributed by atoms with Gasteiger partial charge in [0, 0.05) is 52.2 Å². The highest BCUT2D eigenvalue weighted by Crippen LogP contribution is 2.20. The Labute approximate surface area is 177 Å². The maximum atomic E-state index is 14.0. The average Bonchev–Trinajstić information content (AvgIpc) is 3.24. The lowest BCUT2D eigenvalue weighted by atomic mass is 10.1. The Morgan fingerprint density at radius 3 is 2.87 bits per heavy atom. The number of aliphatic imine (C=N–C) groups is 1. The smallest absolute Gasteiger partial charge is 0.191 e. The Kier molecular flexibility index (Phi) is 6.78. The summed E-state index contributed by atoms with van der Waals surface area (Å²) >= 11 is 0. The van der Waals surface area contributed by atoms with Gasteiger partial charge in [-0.25, -0.2) is 14.1 Å². The van der Waals surface area contributed by atoms with Crippen LogP contribution in [0.15, 0.2) is 35.6 Å². The van der Waals surface area contributed by atoms with Crippen molar-refractivity contribution in [1.29, 1.82) is 0 Å². The quantitative estimate of drug-likeness (QED) is 0.419. The third-order valence-corrected chi connectivity index (χ3v) is 5.88. The molecule has 8 nitrogen and oxygen atoms in total. The van der Waals surface area contributed by atoms with Crippen LogP contribution in [-0.4, -0.2) is 78.0 Å². The van der Waals surface area contributed by atoms with E-state index < -0.39 is 0 Å². The fraction of sp³-hybridized carbons (Fsp3) is 0.571. The molecule has 2 aliphatic rings. The molecule has 162 valence electrons. The van der Waals surface area contributed by atoms with Crippen molar-refractivity contribution >= 4 is 11.6 Å². The molecule has 0 spiro atoms. The maximum absolute atomic E-state index is 14.0. The van der Waals surface area contributed by atoms with Gasteiger partial charge in [-0.2, -0.15) is 5.10 Å². The second-order valence-corrected chi connectivity index (χ2v) is 7.87. The first-order valence-electron chi connectivity index (χ1n) is 10.8. The van der Waals surface area contributed by atoms with Crippen LogP contribution in [0.2, 0.25) is 0 Å². The SMILES string of the molecule is CN=C(NCCCN1CCN(c2ccccc2F)CC1)NC1CCc2ncnn2C1. The molecule has 0 aliphatic carbocycles. The molecule has 1 aromatic carbocycles. The van der Waals surface area contributed by atoms with Crippen LogP contribution in [0.1, 0.15) is 18.7 Å². The summed E-state index contributed by atoms with van der Waals surface area (Å²) in [5, 5.41) is 11.2. The number of halogens is 1. The van der Waals surface area contributed by atoms with Gasteiger partial charge in [-0.15, -0.1) is 0 Å². The molecule has 0 bridgehead atoms. The number of aryl methyl sites for hydroxylation is 1. The molecule has 1 saturated heterocycles. The van der Waals surface area contributed by atoms with Crippen LogP contribution < -0.4 is 15.5 Å². The van der Waals surface area contributed by atoms with Crippen LogP contribution in [0, 0.1) is 5.82 Å². The summed E-state index contributed by atoms with van der Waals surface area (Å²) in [7, 11) is 1.81. The zero-order valence-electron chi connectivity index (χ0n) is 17.6. The Morgan fingerprint density at radius 1 is 1.23 bits per heavy atom. The predicted molar refractivity (Wildman–Crippen MR) is 116 cm³/mol. The molecule has 1 unspecified atom stereocenters. The van der Waals surface area contributed by atoms with Gasteiger partial charge in [0.25, 0.3) is 0 Å². The van der Waals surface area contributed by atoms with Gasteiger partial charge in [0.2, 0.25) is 0 Å². The minimum absolute atomic E-state index is 0.132. The molecular weight excluding hydrogens is 383 g/mol. The van der Waals surface area contributed by atoms with E-state index in [1.165, 1.54) is 6.07 Å². The van der Waals surface area contributed by atoms with E-state index in [9.17, 15) is 4.39 Å². The van der Waals surface area contributed by atoms with E-state index >= 15 is 0 Å². The highest BCUT2D eigenvalue weighted by molar-refractivity contribution is 5.79. The van der Waals surface area contributed by atoms with E-state index in [2.05, 4.69) is 35.5 Å². The summed E-state index contributed by atoms with van der Waals surface area (Å²) in [5.74, 6) is 1.77. The van der Waals surface area contributed by atoms with E-state index in [0.717, 1.165) is 82.5 Å². The molecule has 1 fully saturated rings. The molecule has 30 heavy (non-hydrogen) atoms. The number of nitrogens with one attached hydrogen (secondary N) is 2. The summed E-state index contributed by atoms with van der Waals surface area (Å²) in [6, 6.07) is 7.35. The van der Waals surface area contributed by atoms with Crippen LogP contribution in [0.25, 0.3) is 0 Å². The maximum Gasteiger partial charge on any atom is 0.191 e. The number of anilines is 1. The highest BCUT2D eigenvalue weighted by atomic mass is 19.1. The molecule has 2 aliphatic heterocycles.